The Bertz CT molecular complexity index is 1280. The molecule has 6 heteroatoms. The predicted molar refractivity (Wildman–Crippen MR) is 127 cm³/mol. The van der Waals surface area contributed by atoms with Crippen molar-refractivity contribution in [3.8, 4) is 5.75 Å². The Balaban J connectivity index is 1.56. The van der Waals surface area contributed by atoms with Crippen molar-refractivity contribution in [1.29, 1.82) is 0 Å². The lowest BCUT2D eigenvalue weighted by Crippen LogP contribution is -2.28. The summed E-state index contributed by atoms with van der Waals surface area (Å²) in [6.45, 7) is 0. The molecular formula is C26H26N4O2. The average molecular weight is 427 g/mol. The second kappa shape index (κ2) is 8.83. The zero-order valence-corrected chi connectivity index (χ0v) is 18.1. The van der Waals surface area contributed by atoms with Gasteiger partial charge in [-0.3, -0.25) is 9.36 Å². The summed E-state index contributed by atoms with van der Waals surface area (Å²) in [5.41, 5.74) is 3.53. The normalized spacial score (nSPS) is 14.0. The first-order chi connectivity index (χ1) is 15.7. The van der Waals surface area contributed by atoms with E-state index in [1.54, 1.807) is 7.11 Å². The fraction of sp³-hybridized carbons (Fsp3) is 0.269. The molecule has 1 aliphatic carbocycles. The number of hydrogen-bond donors (Lipinski definition) is 1. The van der Waals surface area contributed by atoms with Gasteiger partial charge in [0, 0.05) is 35.3 Å². The standard InChI is InChI=1S/C26H26N4O2/c1-32-23-13-11-21(12-14-23)28-26-27-17-20-16-19(15-18-7-3-2-4-8-18)25(31)30(24(20)29-26)22-9-5-6-10-22/h2-4,7-8,11-14,16-17,22H,5-6,9-10,15H2,1H3,(H,27,28,29). The van der Waals surface area contributed by atoms with Gasteiger partial charge >= 0.3 is 0 Å². The SMILES string of the molecule is COc1ccc(Nc2ncc3cc(Cc4ccccc4)c(=O)n(C4CCCC4)c3n2)cc1. The number of ether oxygens (including phenoxy) is 1. The number of anilines is 2. The van der Waals surface area contributed by atoms with Crippen LogP contribution in [0.25, 0.3) is 11.0 Å². The Kier molecular flexibility index (Phi) is 5.58. The molecule has 0 amide bonds. The van der Waals surface area contributed by atoms with Crippen molar-refractivity contribution >= 4 is 22.7 Å². The van der Waals surface area contributed by atoms with Crippen LogP contribution in [0.5, 0.6) is 5.75 Å². The van der Waals surface area contributed by atoms with Crippen molar-refractivity contribution in [2.24, 2.45) is 0 Å². The maximum atomic E-state index is 13.6. The van der Waals surface area contributed by atoms with Gasteiger partial charge in [0.15, 0.2) is 0 Å². The number of aromatic nitrogens is 3. The number of pyridine rings is 1. The summed E-state index contributed by atoms with van der Waals surface area (Å²) in [7, 11) is 1.64. The zero-order valence-electron chi connectivity index (χ0n) is 18.1. The van der Waals surface area contributed by atoms with Crippen LogP contribution in [0, 0.1) is 0 Å². The highest BCUT2D eigenvalue weighted by Crippen LogP contribution is 2.31. The highest BCUT2D eigenvalue weighted by molar-refractivity contribution is 5.77. The zero-order chi connectivity index (χ0) is 21.9. The number of methoxy groups -OCH3 is 1. The predicted octanol–water partition coefficient (Wildman–Crippen LogP) is 5.25. The van der Waals surface area contributed by atoms with Crippen LogP contribution in [0.4, 0.5) is 11.6 Å². The molecule has 4 aromatic rings. The molecule has 0 radical (unpaired) electrons. The molecule has 6 nitrogen and oxygen atoms in total. The molecule has 0 saturated heterocycles. The fourth-order valence-corrected chi connectivity index (χ4v) is 4.48. The summed E-state index contributed by atoms with van der Waals surface area (Å²) >= 11 is 0. The van der Waals surface area contributed by atoms with Gasteiger partial charge in [-0.15, -0.1) is 0 Å². The van der Waals surface area contributed by atoms with Crippen molar-refractivity contribution < 1.29 is 4.74 Å². The van der Waals surface area contributed by atoms with Crippen molar-refractivity contribution in [3.05, 3.63) is 88.3 Å². The minimum absolute atomic E-state index is 0.0577. The molecule has 2 aromatic heterocycles. The highest BCUT2D eigenvalue weighted by Gasteiger charge is 2.22. The van der Waals surface area contributed by atoms with Gasteiger partial charge in [0.1, 0.15) is 11.4 Å². The van der Waals surface area contributed by atoms with Gasteiger partial charge in [0.05, 0.1) is 7.11 Å². The van der Waals surface area contributed by atoms with Crippen LogP contribution in [0.2, 0.25) is 0 Å². The van der Waals surface area contributed by atoms with Gasteiger partial charge in [-0.1, -0.05) is 43.2 Å². The largest absolute Gasteiger partial charge is 0.497 e. The summed E-state index contributed by atoms with van der Waals surface area (Å²) in [5.74, 6) is 1.26. The van der Waals surface area contributed by atoms with Gasteiger partial charge in [0.25, 0.3) is 5.56 Å². The van der Waals surface area contributed by atoms with Crippen LogP contribution in [0.1, 0.15) is 42.9 Å². The van der Waals surface area contributed by atoms with E-state index in [0.29, 0.717) is 18.0 Å². The molecule has 0 aliphatic heterocycles. The summed E-state index contributed by atoms with van der Waals surface area (Å²) in [4.78, 5) is 22.9. The molecular weight excluding hydrogens is 400 g/mol. The number of nitrogens with one attached hydrogen (secondary N) is 1. The topological polar surface area (TPSA) is 69.0 Å². The fourth-order valence-electron chi connectivity index (χ4n) is 4.48. The van der Waals surface area contributed by atoms with Crippen molar-refractivity contribution in [2.75, 3.05) is 12.4 Å². The Morgan fingerprint density at radius 3 is 2.53 bits per heavy atom. The van der Waals surface area contributed by atoms with Crippen molar-refractivity contribution in [1.82, 2.24) is 14.5 Å². The summed E-state index contributed by atoms with van der Waals surface area (Å²) in [6, 6.07) is 19.9. The van der Waals surface area contributed by atoms with Gasteiger partial charge in [0.2, 0.25) is 5.95 Å². The van der Waals surface area contributed by atoms with Crippen LogP contribution < -0.4 is 15.6 Å². The second-order valence-corrected chi connectivity index (χ2v) is 8.27. The molecule has 1 saturated carbocycles. The molecule has 1 N–H and O–H groups in total. The number of rotatable bonds is 6. The quantitative estimate of drug-likeness (QED) is 0.456. The molecule has 0 unspecified atom stereocenters. The van der Waals surface area contributed by atoms with Crippen LogP contribution in [0.15, 0.2) is 71.7 Å². The first-order valence-corrected chi connectivity index (χ1v) is 11.1. The lowest BCUT2D eigenvalue weighted by Gasteiger charge is -2.18. The minimum atomic E-state index is 0.0577. The number of benzene rings is 2. The third-order valence-electron chi connectivity index (χ3n) is 6.12. The number of hydrogen-bond acceptors (Lipinski definition) is 5. The summed E-state index contributed by atoms with van der Waals surface area (Å²) < 4.78 is 7.14. The van der Waals surface area contributed by atoms with Crippen molar-refractivity contribution in [3.63, 3.8) is 0 Å². The smallest absolute Gasteiger partial charge is 0.256 e. The molecule has 1 aliphatic rings. The van der Waals surface area contributed by atoms with E-state index >= 15 is 0 Å². The molecule has 2 heterocycles. The monoisotopic (exact) mass is 426 g/mol. The highest BCUT2D eigenvalue weighted by atomic mass is 16.5. The van der Waals surface area contributed by atoms with E-state index in [0.717, 1.165) is 53.6 Å². The van der Waals surface area contributed by atoms with Crippen LogP contribution in [-0.4, -0.2) is 21.6 Å². The molecule has 1 fully saturated rings. The van der Waals surface area contributed by atoms with Gasteiger partial charge < -0.3 is 10.1 Å². The Hall–Kier alpha value is -3.67. The van der Waals surface area contributed by atoms with Gasteiger partial charge in [-0.05, 0) is 48.7 Å². The molecule has 2 aromatic carbocycles. The van der Waals surface area contributed by atoms with E-state index < -0.39 is 0 Å². The van der Waals surface area contributed by atoms with Crippen LogP contribution in [0.3, 0.4) is 0 Å². The summed E-state index contributed by atoms with van der Waals surface area (Å²) in [6.07, 6.45) is 6.72. The molecule has 0 atom stereocenters. The molecule has 0 bridgehead atoms. The Labute approximate surface area is 186 Å². The third-order valence-corrected chi connectivity index (χ3v) is 6.12. The molecule has 162 valence electrons. The maximum Gasteiger partial charge on any atom is 0.256 e. The Morgan fingerprint density at radius 2 is 1.81 bits per heavy atom. The van der Waals surface area contributed by atoms with Gasteiger partial charge in [-0.25, -0.2) is 4.98 Å². The number of fused-ring (bicyclic) bond motifs is 1. The van der Waals surface area contributed by atoms with E-state index in [-0.39, 0.29) is 11.6 Å². The number of nitrogens with zero attached hydrogens (tertiary/aromatic N) is 3. The molecule has 0 spiro atoms. The first kappa shape index (κ1) is 20.2. The minimum Gasteiger partial charge on any atom is -0.497 e. The Morgan fingerprint density at radius 1 is 1.06 bits per heavy atom. The van der Waals surface area contributed by atoms with Crippen LogP contribution >= 0.6 is 0 Å². The van der Waals surface area contributed by atoms with E-state index in [1.165, 1.54) is 0 Å². The van der Waals surface area contributed by atoms with E-state index in [2.05, 4.69) is 22.4 Å². The summed E-state index contributed by atoms with van der Waals surface area (Å²) in [5, 5.41) is 4.14. The second-order valence-electron chi connectivity index (χ2n) is 8.27. The average Bonchev–Trinajstić information content (AvgIpc) is 3.35. The third kappa shape index (κ3) is 4.08. The van der Waals surface area contributed by atoms with E-state index in [4.69, 9.17) is 9.72 Å². The lowest BCUT2D eigenvalue weighted by atomic mass is 10.0. The molecule has 5 rings (SSSR count). The first-order valence-electron chi connectivity index (χ1n) is 11.1. The van der Waals surface area contributed by atoms with Gasteiger partial charge in [-0.2, -0.15) is 4.98 Å². The maximum absolute atomic E-state index is 13.6. The lowest BCUT2D eigenvalue weighted by molar-refractivity contribution is 0.415. The van der Waals surface area contributed by atoms with Crippen LogP contribution in [-0.2, 0) is 6.42 Å². The van der Waals surface area contributed by atoms with Crippen molar-refractivity contribution in [2.45, 2.75) is 38.1 Å². The molecule has 32 heavy (non-hydrogen) atoms. The van der Waals surface area contributed by atoms with E-state index in [9.17, 15) is 4.79 Å². The van der Waals surface area contributed by atoms with E-state index in [1.807, 2.05) is 59.3 Å².